The summed E-state index contributed by atoms with van der Waals surface area (Å²) < 4.78 is 34.0. The van der Waals surface area contributed by atoms with Gasteiger partial charge in [-0.1, -0.05) is 18.2 Å². The van der Waals surface area contributed by atoms with Crippen LogP contribution in [-0.4, -0.2) is 61.7 Å². The van der Waals surface area contributed by atoms with Crippen LogP contribution >= 0.6 is 11.3 Å². The van der Waals surface area contributed by atoms with Crippen LogP contribution in [0.3, 0.4) is 0 Å². The molecule has 0 aliphatic heterocycles. The molecule has 0 aliphatic carbocycles. The van der Waals surface area contributed by atoms with Crippen LogP contribution in [0.1, 0.15) is 55.9 Å². The fourth-order valence-corrected chi connectivity index (χ4v) is 5.94. The molecule has 13 heteroatoms. The highest BCUT2D eigenvalue weighted by molar-refractivity contribution is 7.86. The third kappa shape index (κ3) is 9.94. The Morgan fingerprint density at radius 3 is 2.48 bits per heavy atom. The number of hydrogen-bond donors (Lipinski definition) is 3. The van der Waals surface area contributed by atoms with Gasteiger partial charge in [-0.3, -0.25) is 9.59 Å². The van der Waals surface area contributed by atoms with E-state index in [1.165, 1.54) is 34.4 Å². The van der Waals surface area contributed by atoms with Crippen LogP contribution in [-0.2, 0) is 29.6 Å². The lowest BCUT2D eigenvalue weighted by atomic mass is 10.0. The van der Waals surface area contributed by atoms with E-state index in [0.29, 0.717) is 25.1 Å². The summed E-state index contributed by atoms with van der Waals surface area (Å²) in [7, 11) is -0.696. The van der Waals surface area contributed by atoms with Crippen molar-refractivity contribution in [2.24, 2.45) is 0 Å². The number of aromatic hydroxyl groups is 1. The van der Waals surface area contributed by atoms with Gasteiger partial charge >= 0.3 is 10.1 Å². The number of aryl methyl sites for hydroxylation is 2. The van der Waals surface area contributed by atoms with E-state index in [4.69, 9.17) is 8.92 Å². The third-order valence-electron chi connectivity index (χ3n) is 6.97. The third-order valence-corrected chi connectivity index (χ3v) is 8.42. The van der Waals surface area contributed by atoms with Crippen molar-refractivity contribution in [1.29, 1.82) is 0 Å². The summed E-state index contributed by atoms with van der Waals surface area (Å²) in [5.74, 6) is -0.171. The van der Waals surface area contributed by atoms with Crippen LogP contribution in [0.15, 0.2) is 66.0 Å². The second-order valence-corrected chi connectivity index (χ2v) is 13.6. The molecule has 0 radical (unpaired) electrons. The van der Waals surface area contributed by atoms with Crippen molar-refractivity contribution in [3.8, 4) is 17.2 Å². The number of nitrogens with one attached hydrogen (secondary N) is 2. The molecule has 3 aromatic carbocycles. The Balaban J connectivity index is 1.38. The molecule has 2 amide bonds. The number of anilines is 1. The highest BCUT2D eigenvalue weighted by atomic mass is 32.2. The number of benzene rings is 3. The number of thiazole rings is 1. The first kappa shape index (κ1) is 34.3. The molecule has 1 atom stereocenters. The van der Waals surface area contributed by atoms with Gasteiger partial charge in [0.25, 0.3) is 11.8 Å². The Hall–Kier alpha value is -4.62. The van der Waals surface area contributed by atoms with E-state index >= 15 is 0 Å². The number of phenols is 1. The average Bonchev–Trinajstić information content (AvgIpc) is 3.42. The first-order valence-electron chi connectivity index (χ1n) is 14.5. The predicted octanol–water partition coefficient (Wildman–Crippen LogP) is 5.14. The lowest BCUT2D eigenvalue weighted by Gasteiger charge is -2.18. The molecule has 244 valence electrons. The molecule has 0 bridgehead atoms. The molecule has 46 heavy (non-hydrogen) atoms. The maximum atomic E-state index is 13.3. The van der Waals surface area contributed by atoms with Gasteiger partial charge in [-0.25, -0.2) is 4.98 Å². The SMILES string of the molecule is COc1cccc(CNc2ccc(CC[C@H](C)NC(=O)c3cc(OS(C)(=O)=O)cc(C(=O)N(C)Cc4nc(C)cs4)c3)cc2O)c1. The second kappa shape index (κ2) is 15.1. The van der Waals surface area contributed by atoms with Crippen molar-refractivity contribution in [2.75, 3.05) is 25.7 Å². The molecule has 0 saturated carbocycles. The van der Waals surface area contributed by atoms with Crippen molar-refractivity contribution >= 4 is 39.0 Å². The van der Waals surface area contributed by atoms with Crippen LogP contribution in [0, 0.1) is 6.92 Å². The van der Waals surface area contributed by atoms with Crippen molar-refractivity contribution in [2.45, 2.75) is 45.8 Å². The van der Waals surface area contributed by atoms with Gasteiger partial charge in [0.2, 0.25) is 0 Å². The molecule has 3 N–H and O–H groups in total. The normalized spacial score (nSPS) is 11.8. The molecule has 1 heterocycles. The number of carbonyl (C=O) groups is 2. The molecular weight excluding hydrogens is 629 g/mol. The van der Waals surface area contributed by atoms with Gasteiger partial charge in [-0.15, -0.1) is 11.3 Å². The Morgan fingerprint density at radius 2 is 1.80 bits per heavy atom. The van der Waals surface area contributed by atoms with Crippen molar-refractivity contribution < 1.29 is 32.0 Å². The van der Waals surface area contributed by atoms with E-state index in [2.05, 4.69) is 15.6 Å². The largest absolute Gasteiger partial charge is 0.506 e. The Kier molecular flexibility index (Phi) is 11.3. The minimum Gasteiger partial charge on any atom is -0.506 e. The number of carbonyl (C=O) groups excluding carboxylic acids is 2. The minimum absolute atomic E-state index is 0.0824. The van der Waals surface area contributed by atoms with Crippen LogP contribution in [0.4, 0.5) is 5.69 Å². The van der Waals surface area contributed by atoms with Crippen LogP contribution in [0.5, 0.6) is 17.2 Å². The van der Waals surface area contributed by atoms with Crippen molar-refractivity contribution in [1.82, 2.24) is 15.2 Å². The molecule has 0 saturated heterocycles. The maximum absolute atomic E-state index is 13.3. The number of phenolic OH excluding ortho intramolecular Hbond substituents is 1. The molecular formula is C33H38N4O7S2. The number of methoxy groups -OCH3 is 1. The van der Waals surface area contributed by atoms with E-state index in [0.717, 1.165) is 33.8 Å². The summed E-state index contributed by atoms with van der Waals surface area (Å²) in [5, 5.41) is 19.4. The van der Waals surface area contributed by atoms with Gasteiger partial charge in [0.15, 0.2) is 0 Å². The molecule has 1 aromatic heterocycles. The van der Waals surface area contributed by atoms with Crippen LogP contribution in [0.25, 0.3) is 0 Å². The fourth-order valence-electron chi connectivity index (χ4n) is 4.67. The van der Waals surface area contributed by atoms with Gasteiger partial charge in [0, 0.05) is 41.8 Å². The zero-order chi connectivity index (χ0) is 33.4. The number of aromatic nitrogens is 1. The van der Waals surface area contributed by atoms with Crippen LogP contribution in [0.2, 0.25) is 0 Å². The fraction of sp³-hybridized carbons (Fsp3) is 0.303. The Morgan fingerprint density at radius 1 is 1.04 bits per heavy atom. The number of ether oxygens (including phenoxy) is 1. The molecule has 0 spiro atoms. The molecule has 0 fully saturated rings. The highest BCUT2D eigenvalue weighted by Gasteiger charge is 2.20. The molecule has 0 unspecified atom stereocenters. The number of nitrogens with zero attached hydrogens (tertiary/aromatic N) is 2. The quantitative estimate of drug-likeness (QED) is 0.123. The Labute approximate surface area is 273 Å². The lowest BCUT2D eigenvalue weighted by molar-refractivity contribution is 0.0784. The molecule has 4 aromatic rings. The van der Waals surface area contributed by atoms with E-state index in [1.54, 1.807) is 20.2 Å². The number of rotatable bonds is 14. The molecule has 4 rings (SSSR count). The van der Waals surface area contributed by atoms with E-state index in [1.807, 2.05) is 55.6 Å². The summed E-state index contributed by atoms with van der Waals surface area (Å²) >= 11 is 1.43. The minimum atomic E-state index is -3.91. The van der Waals surface area contributed by atoms with Crippen molar-refractivity contribution in [3.05, 3.63) is 99.0 Å². The zero-order valence-electron chi connectivity index (χ0n) is 26.4. The first-order chi connectivity index (χ1) is 21.8. The van der Waals surface area contributed by atoms with E-state index in [-0.39, 0.29) is 35.2 Å². The summed E-state index contributed by atoms with van der Waals surface area (Å²) in [4.78, 5) is 32.3. The zero-order valence-corrected chi connectivity index (χ0v) is 28.0. The van der Waals surface area contributed by atoms with Crippen molar-refractivity contribution in [3.63, 3.8) is 0 Å². The first-order valence-corrected chi connectivity index (χ1v) is 17.2. The molecule has 11 nitrogen and oxygen atoms in total. The molecule has 0 aliphatic rings. The predicted molar refractivity (Wildman–Crippen MR) is 178 cm³/mol. The summed E-state index contributed by atoms with van der Waals surface area (Å²) in [5.41, 5.74) is 3.53. The summed E-state index contributed by atoms with van der Waals surface area (Å²) in [6.45, 7) is 4.47. The van der Waals surface area contributed by atoms with Gasteiger partial charge < -0.3 is 29.6 Å². The van der Waals surface area contributed by atoms with Crippen LogP contribution < -0.4 is 19.6 Å². The standard InChI is InChI=1S/C33H38N4O7S2/c1-21(9-10-23-11-12-29(30(38)14-23)34-18-24-7-6-8-27(13-24)43-4)36-32(39)25-15-26(17-28(16-25)44-46(5,41)42)33(40)37(3)19-31-35-22(2)20-45-31/h6-8,11-17,20-21,34,38H,9-10,18-19H2,1-5H3,(H,36,39)/t21-/m0/s1. The van der Waals surface area contributed by atoms with Gasteiger partial charge in [0.05, 0.1) is 25.6 Å². The van der Waals surface area contributed by atoms with Gasteiger partial charge in [0.1, 0.15) is 22.3 Å². The number of hydrogen-bond acceptors (Lipinski definition) is 10. The van der Waals surface area contributed by atoms with E-state index in [9.17, 15) is 23.1 Å². The van der Waals surface area contributed by atoms with Gasteiger partial charge in [-0.2, -0.15) is 8.42 Å². The Bertz CT molecular complexity index is 1810. The smallest absolute Gasteiger partial charge is 0.306 e. The summed E-state index contributed by atoms with van der Waals surface area (Å²) in [6, 6.07) is 16.8. The second-order valence-electron chi connectivity index (χ2n) is 11.0. The maximum Gasteiger partial charge on any atom is 0.306 e. The summed E-state index contributed by atoms with van der Waals surface area (Å²) in [6.07, 6.45) is 2.03. The topological polar surface area (TPSA) is 147 Å². The number of amides is 2. The van der Waals surface area contributed by atoms with E-state index < -0.39 is 21.9 Å². The monoisotopic (exact) mass is 666 g/mol. The van der Waals surface area contributed by atoms with Gasteiger partial charge in [-0.05, 0) is 80.3 Å². The lowest BCUT2D eigenvalue weighted by Crippen LogP contribution is -2.33. The highest BCUT2D eigenvalue weighted by Crippen LogP contribution is 2.26. The average molecular weight is 667 g/mol.